The summed E-state index contributed by atoms with van der Waals surface area (Å²) < 4.78 is 0. The van der Waals surface area contributed by atoms with Crippen molar-refractivity contribution in [2.24, 2.45) is 4.99 Å². The van der Waals surface area contributed by atoms with E-state index in [1.54, 1.807) is 31.5 Å². The van der Waals surface area contributed by atoms with Gasteiger partial charge in [0.15, 0.2) is 5.17 Å². The molecule has 0 spiro atoms. The van der Waals surface area contributed by atoms with Crippen LogP contribution in [-0.4, -0.2) is 39.1 Å². The minimum Gasteiger partial charge on any atom is -0.478 e. The van der Waals surface area contributed by atoms with Gasteiger partial charge in [-0.3, -0.25) is 9.69 Å². The average Bonchev–Trinajstić information content (AvgIpc) is 3.13. The second kappa shape index (κ2) is 6.13. The van der Waals surface area contributed by atoms with Crippen LogP contribution in [0, 0.1) is 0 Å². The largest absolute Gasteiger partial charge is 0.478 e. The predicted octanol–water partition coefficient (Wildman–Crippen LogP) is 2.95. The molecule has 116 valence electrons. The van der Waals surface area contributed by atoms with E-state index in [-0.39, 0.29) is 11.5 Å². The molecular weight excluding hydrogens is 314 g/mol. The molecule has 1 amide bonds. The molecule has 0 aliphatic carbocycles. The monoisotopic (exact) mass is 327 g/mol. The lowest BCUT2D eigenvalue weighted by Crippen LogP contribution is -2.23. The van der Waals surface area contributed by atoms with E-state index in [9.17, 15) is 9.59 Å². The molecular formula is C16H13N3O3S. The van der Waals surface area contributed by atoms with E-state index in [0.29, 0.717) is 15.8 Å². The number of H-pyrrole nitrogens is 1. The number of carboxylic acids is 1. The van der Waals surface area contributed by atoms with Crippen LogP contribution in [0.4, 0.5) is 5.69 Å². The highest BCUT2D eigenvalue weighted by atomic mass is 32.2. The number of carbonyl (C=O) groups is 2. The van der Waals surface area contributed by atoms with Gasteiger partial charge in [-0.2, -0.15) is 0 Å². The molecule has 3 rings (SSSR count). The number of aromatic amines is 1. The lowest BCUT2D eigenvalue weighted by Gasteiger charge is -2.07. The molecule has 1 aromatic carbocycles. The van der Waals surface area contributed by atoms with Crippen molar-refractivity contribution in [3.63, 3.8) is 0 Å². The second-order valence-electron chi connectivity index (χ2n) is 4.85. The summed E-state index contributed by atoms with van der Waals surface area (Å²) in [5.74, 6) is -1.15. The standard InChI is InChI=1S/C16H13N3O3S/c1-19-14(20)13(9-11-6-3-7-17-11)23-16(19)18-12-5-2-4-10(8-12)15(21)22/h2-9,17H,1H3,(H,21,22)/b13-9+,18-16?. The third kappa shape index (κ3) is 3.19. The van der Waals surface area contributed by atoms with Gasteiger partial charge in [-0.15, -0.1) is 0 Å². The van der Waals surface area contributed by atoms with Crippen LogP contribution < -0.4 is 0 Å². The van der Waals surface area contributed by atoms with Crippen molar-refractivity contribution < 1.29 is 14.7 Å². The summed E-state index contributed by atoms with van der Waals surface area (Å²) in [5.41, 5.74) is 1.49. The van der Waals surface area contributed by atoms with Crippen molar-refractivity contribution in [1.29, 1.82) is 0 Å². The zero-order valence-corrected chi connectivity index (χ0v) is 13.0. The van der Waals surface area contributed by atoms with Crippen LogP contribution in [0.1, 0.15) is 16.1 Å². The van der Waals surface area contributed by atoms with Gasteiger partial charge >= 0.3 is 5.97 Å². The lowest BCUT2D eigenvalue weighted by atomic mass is 10.2. The fourth-order valence-electron chi connectivity index (χ4n) is 2.05. The normalized spacial score (nSPS) is 18.1. The summed E-state index contributed by atoms with van der Waals surface area (Å²) in [4.78, 5) is 32.7. The van der Waals surface area contributed by atoms with Crippen LogP contribution in [0.15, 0.2) is 52.5 Å². The summed E-state index contributed by atoms with van der Waals surface area (Å²) in [7, 11) is 1.64. The number of thioether (sulfide) groups is 1. The zero-order valence-electron chi connectivity index (χ0n) is 12.2. The Bertz CT molecular complexity index is 825. The molecule has 0 bridgehead atoms. The average molecular weight is 327 g/mol. The first-order valence-corrected chi connectivity index (χ1v) is 7.59. The van der Waals surface area contributed by atoms with Crippen LogP contribution in [0.5, 0.6) is 0 Å². The van der Waals surface area contributed by atoms with Crippen LogP contribution >= 0.6 is 11.8 Å². The van der Waals surface area contributed by atoms with Gasteiger partial charge in [0.25, 0.3) is 5.91 Å². The van der Waals surface area contributed by atoms with E-state index >= 15 is 0 Å². The molecule has 0 unspecified atom stereocenters. The van der Waals surface area contributed by atoms with Crippen LogP contribution in [-0.2, 0) is 4.79 Å². The molecule has 2 N–H and O–H groups in total. The van der Waals surface area contributed by atoms with E-state index in [2.05, 4.69) is 9.98 Å². The van der Waals surface area contributed by atoms with Crippen molar-refractivity contribution in [3.8, 4) is 0 Å². The maximum Gasteiger partial charge on any atom is 0.335 e. The summed E-state index contributed by atoms with van der Waals surface area (Å²) in [5, 5.41) is 9.53. The fourth-order valence-corrected chi connectivity index (χ4v) is 3.02. The number of carbonyl (C=O) groups excluding carboxylic acids is 1. The molecule has 0 saturated carbocycles. The predicted molar refractivity (Wildman–Crippen MR) is 89.6 cm³/mol. The fraction of sp³-hybridized carbons (Fsp3) is 0.0625. The number of amides is 1. The number of nitrogens with one attached hydrogen (secondary N) is 1. The first kappa shape index (κ1) is 15.1. The lowest BCUT2D eigenvalue weighted by molar-refractivity contribution is -0.121. The van der Waals surface area contributed by atoms with Crippen molar-refractivity contribution in [3.05, 3.63) is 58.8 Å². The Morgan fingerprint density at radius 3 is 2.87 bits per heavy atom. The number of amidine groups is 1. The number of hydrogen-bond donors (Lipinski definition) is 2. The van der Waals surface area contributed by atoms with Gasteiger partial charge in [-0.25, -0.2) is 9.79 Å². The number of rotatable bonds is 3. The van der Waals surface area contributed by atoms with Gasteiger partial charge in [-0.05, 0) is 48.2 Å². The molecule has 7 heteroatoms. The van der Waals surface area contributed by atoms with Gasteiger partial charge in [0.05, 0.1) is 16.2 Å². The molecule has 23 heavy (non-hydrogen) atoms. The summed E-state index contributed by atoms with van der Waals surface area (Å²) in [6.45, 7) is 0. The highest BCUT2D eigenvalue weighted by Crippen LogP contribution is 2.32. The van der Waals surface area contributed by atoms with Gasteiger partial charge in [0.2, 0.25) is 0 Å². The maximum atomic E-state index is 12.3. The van der Waals surface area contributed by atoms with E-state index in [1.165, 1.54) is 28.8 Å². The summed E-state index contributed by atoms with van der Waals surface area (Å²) in [6.07, 6.45) is 3.55. The summed E-state index contributed by atoms with van der Waals surface area (Å²) in [6, 6.07) is 10.0. The molecule has 2 aromatic rings. The number of carboxylic acid groups (broad SMARTS) is 1. The number of nitrogens with zero attached hydrogens (tertiary/aromatic N) is 2. The molecule has 1 aliphatic rings. The van der Waals surface area contributed by atoms with Crippen molar-refractivity contribution in [1.82, 2.24) is 9.88 Å². The Morgan fingerprint density at radius 1 is 1.35 bits per heavy atom. The Hall–Kier alpha value is -2.80. The van der Waals surface area contributed by atoms with Crippen molar-refractivity contribution >= 4 is 40.6 Å². The highest BCUT2D eigenvalue weighted by Gasteiger charge is 2.30. The van der Waals surface area contributed by atoms with Gasteiger partial charge in [0, 0.05) is 18.9 Å². The van der Waals surface area contributed by atoms with Gasteiger partial charge in [-0.1, -0.05) is 6.07 Å². The number of likely N-dealkylation sites (N-methyl/N-ethyl adjacent to an activating group) is 1. The molecule has 1 aromatic heterocycles. The van der Waals surface area contributed by atoms with E-state index in [4.69, 9.17) is 5.11 Å². The number of hydrogen-bond acceptors (Lipinski definition) is 4. The molecule has 0 radical (unpaired) electrons. The first-order valence-electron chi connectivity index (χ1n) is 6.77. The number of benzene rings is 1. The second-order valence-corrected chi connectivity index (χ2v) is 5.86. The molecule has 1 saturated heterocycles. The van der Waals surface area contributed by atoms with Crippen molar-refractivity contribution in [2.45, 2.75) is 0 Å². The van der Waals surface area contributed by atoms with E-state index < -0.39 is 5.97 Å². The van der Waals surface area contributed by atoms with E-state index in [1.807, 2.05) is 12.1 Å². The quantitative estimate of drug-likeness (QED) is 0.849. The molecule has 1 fully saturated rings. The summed E-state index contributed by atoms with van der Waals surface area (Å²) >= 11 is 1.25. The highest BCUT2D eigenvalue weighted by molar-refractivity contribution is 8.18. The minimum atomic E-state index is -1.01. The smallest absolute Gasteiger partial charge is 0.335 e. The third-order valence-electron chi connectivity index (χ3n) is 3.23. The Morgan fingerprint density at radius 2 is 2.17 bits per heavy atom. The minimum absolute atomic E-state index is 0.141. The Kier molecular flexibility index (Phi) is 4.03. The Labute approximate surface area is 136 Å². The van der Waals surface area contributed by atoms with E-state index in [0.717, 1.165) is 5.69 Å². The maximum absolute atomic E-state index is 12.3. The SMILES string of the molecule is CN1C(=O)/C(=C\c2ccc[nH]2)SC1=Nc1cccc(C(=O)O)c1. The van der Waals surface area contributed by atoms with Crippen LogP contribution in [0.2, 0.25) is 0 Å². The topological polar surface area (TPSA) is 85.8 Å². The molecule has 6 nitrogen and oxygen atoms in total. The van der Waals surface area contributed by atoms with Crippen LogP contribution in [0.25, 0.3) is 6.08 Å². The molecule has 0 atom stereocenters. The Balaban J connectivity index is 1.90. The number of aromatic nitrogens is 1. The van der Waals surface area contributed by atoms with Gasteiger partial charge < -0.3 is 10.1 Å². The third-order valence-corrected chi connectivity index (χ3v) is 4.29. The first-order chi connectivity index (χ1) is 11.0. The van der Waals surface area contributed by atoms with Crippen LogP contribution in [0.3, 0.4) is 0 Å². The van der Waals surface area contributed by atoms with Gasteiger partial charge in [0.1, 0.15) is 0 Å². The molecule has 1 aliphatic heterocycles. The van der Waals surface area contributed by atoms with Crippen molar-refractivity contribution in [2.75, 3.05) is 7.05 Å². The zero-order chi connectivity index (χ0) is 16.4. The number of aromatic carboxylic acids is 1. The molecule has 2 heterocycles. The number of aliphatic imine (C=N–C) groups is 1.